The van der Waals surface area contributed by atoms with Crippen molar-refractivity contribution in [3.63, 3.8) is 0 Å². The van der Waals surface area contributed by atoms with Crippen molar-refractivity contribution in [3.05, 3.63) is 105 Å². The molecule has 0 aliphatic rings. The fourth-order valence-electron chi connectivity index (χ4n) is 3.35. The van der Waals surface area contributed by atoms with Crippen LogP contribution in [0.15, 0.2) is 67.5 Å². The second-order valence-electron chi connectivity index (χ2n) is 8.17. The van der Waals surface area contributed by atoms with E-state index in [0.29, 0.717) is 5.56 Å². The highest BCUT2D eigenvalue weighted by atomic mass is 79.9. The number of nitrogens with zero attached hydrogens (tertiary/aromatic N) is 4. The molecular weight excluding hydrogens is 589 g/mol. The van der Waals surface area contributed by atoms with Crippen LogP contribution in [0.1, 0.15) is 30.9 Å². The van der Waals surface area contributed by atoms with Crippen molar-refractivity contribution < 1.29 is 9.47 Å². The fraction of sp³-hybridized carbons (Fsp3) is 0.208. The van der Waals surface area contributed by atoms with Gasteiger partial charge in [0, 0.05) is 11.6 Å². The minimum Gasteiger partial charge on any atom is -0.434 e. The van der Waals surface area contributed by atoms with Gasteiger partial charge in [0.15, 0.2) is 10.4 Å². The summed E-state index contributed by atoms with van der Waals surface area (Å²) in [5, 5.41) is 10.4. The Labute approximate surface area is 228 Å². The van der Waals surface area contributed by atoms with Gasteiger partial charge in [0.05, 0.1) is 22.3 Å². The molecule has 0 fully saturated rings. The van der Waals surface area contributed by atoms with Gasteiger partial charge in [-0.15, -0.1) is 5.10 Å². The molecule has 0 aliphatic carbocycles. The molecule has 0 saturated carbocycles. The van der Waals surface area contributed by atoms with E-state index in [-0.39, 0.29) is 56.8 Å². The molecule has 0 radical (unpaired) electrons. The summed E-state index contributed by atoms with van der Waals surface area (Å²) in [6.07, 6.45) is 0. The van der Waals surface area contributed by atoms with Crippen LogP contribution in [0.3, 0.4) is 0 Å². The summed E-state index contributed by atoms with van der Waals surface area (Å²) in [6, 6.07) is 13.6. The minimum atomic E-state index is -0.758. The molecule has 0 amide bonds. The van der Waals surface area contributed by atoms with E-state index in [4.69, 9.17) is 32.7 Å². The average molecular weight is 609 g/mol. The molecule has 10 nitrogen and oxygen atoms in total. The Balaban J connectivity index is 1.64. The molecule has 37 heavy (non-hydrogen) atoms. The third-order valence-corrected chi connectivity index (χ3v) is 6.28. The predicted molar refractivity (Wildman–Crippen MR) is 142 cm³/mol. The van der Waals surface area contributed by atoms with Gasteiger partial charge in [0.1, 0.15) is 6.73 Å². The van der Waals surface area contributed by atoms with Crippen LogP contribution in [0.25, 0.3) is 5.69 Å². The number of aromatic amines is 1. The van der Waals surface area contributed by atoms with E-state index < -0.39 is 11.2 Å². The van der Waals surface area contributed by atoms with Crippen LogP contribution >= 0.6 is 39.1 Å². The molecule has 0 spiro atoms. The van der Waals surface area contributed by atoms with E-state index in [0.717, 1.165) is 14.8 Å². The second kappa shape index (κ2) is 11.4. The van der Waals surface area contributed by atoms with Crippen molar-refractivity contribution in [2.24, 2.45) is 0 Å². The van der Waals surface area contributed by atoms with Crippen LogP contribution in [-0.4, -0.2) is 24.5 Å². The molecule has 0 unspecified atom stereocenters. The van der Waals surface area contributed by atoms with Gasteiger partial charge >= 0.3 is 5.69 Å². The monoisotopic (exact) mass is 607 g/mol. The Bertz CT molecular complexity index is 1600. The number of H-pyrrole nitrogens is 1. The third kappa shape index (κ3) is 6.02. The maximum Gasteiger partial charge on any atom is 0.354 e. The molecule has 192 valence electrons. The van der Waals surface area contributed by atoms with Gasteiger partial charge in [0.25, 0.3) is 11.1 Å². The Kier molecular flexibility index (Phi) is 8.28. The summed E-state index contributed by atoms with van der Waals surface area (Å²) in [5.41, 5.74) is -0.194. The Hall–Kier alpha value is -3.25. The zero-order valence-electron chi connectivity index (χ0n) is 19.6. The van der Waals surface area contributed by atoms with Crippen molar-refractivity contribution in [2.75, 3.05) is 0 Å². The van der Waals surface area contributed by atoms with Gasteiger partial charge in [-0.2, -0.15) is 9.78 Å². The largest absolute Gasteiger partial charge is 0.434 e. The van der Waals surface area contributed by atoms with Gasteiger partial charge < -0.3 is 9.47 Å². The van der Waals surface area contributed by atoms with E-state index in [1.165, 1.54) is 18.2 Å². The first-order valence-electron chi connectivity index (χ1n) is 10.9. The van der Waals surface area contributed by atoms with Gasteiger partial charge in [-0.05, 0) is 39.5 Å². The number of benzene rings is 2. The van der Waals surface area contributed by atoms with E-state index in [1.54, 1.807) is 0 Å². The fourth-order valence-corrected chi connectivity index (χ4v) is 4.28. The first-order chi connectivity index (χ1) is 17.7. The maximum atomic E-state index is 13.1. The molecule has 2 heterocycles. The van der Waals surface area contributed by atoms with Crippen molar-refractivity contribution >= 4 is 39.1 Å². The van der Waals surface area contributed by atoms with Crippen LogP contribution in [0.5, 0.6) is 11.6 Å². The van der Waals surface area contributed by atoms with Gasteiger partial charge in [-0.3, -0.25) is 9.59 Å². The molecule has 0 aliphatic heterocycles. The minimum absolute atomic E-state index is 0.0458. The number of hydrogen-bond acceptors (Lipinski definition) is 7. The molecule has 1 N–H and O–H groups in total. The van der Waals surface area contributed by atoms with Gasteiger partial charge in [-0.1, -0.05) is 67.4 Å². The van der Waals surface area contributed by atoms with Crippen LogP contribution in [0.2, 0.25) is 10.0 Å². The van der Waals surface area contributed by atoms with Crippen molar-refractivity contribution in [3.8, 4) is 17.3 Å². The summed E-state index contributed by atoms with van der Waals surface area (Å²) >= 11 is 15.9. The zero-order chi connectivity index (χ0) is 26.7. The number of rotatable bonds is 8. The smallest absolute Gasteiger partial charge is 0.354 e. The third-order valence-electron chi connectivity index (χ3n) is 5.22. The van der Waals surface area contributed by atoms with E-state index >= 15 is 0 Å². The van der Waals surface area contributed by atoms with Crippen molar-refractivity contribution in [1.82, 2.24) is 24.5 Å². The average Bonchev–Trinajstić information content (AvgIpc) is 2.87. The lowest BCUT2D eigenvalue weighted by Crippen LogP contribution is -2.41. The van der Waals surface area contributed by atoms with Crippen LogP contribution in [-0.2, 0) is 18.1 Å². The molecule has 2 aromatic heterocycles. The molecule has 0 saturated heterocycles. The van der Waals surface area contributed by atoms with Crippen LogP contribution in [0, 0.1) is 0 Å². The van der Waals surface area contributed by atoms with E-state index in [2.05, 4.69) is 31.2 Å². The molecule has 0 bridgehead atoms. The molecule has 0 atom stereocenters. The summed E-state index contributed by atoms with van der Waals surface area (Å²) < 4.78 is 13.1. The summed E-state index contributed by atoms with van der Waals surface area (Å²) in [5.74, 6) is 0.0844. The second-order valence-corrected chi connectivity index (χ2v) is 9.73. The highest BCUT2D eigenvalue weighted by Crippen LogP contribution is 2.37. The zero-order valence-corrected chi connectivity index (χ0v) is 22.7. The number of aromatic nitrogens is 5. The number of hydrogen-bond donors (Lipinski definition) is 1. The standard InChI is InChI=1S/C24H20BrCl2N5O5/c1-13(2)16-10-19(28-29-22(16)33)37-20-17(26)8-15(9-18(20)27)32-24(35)31(23(34)21(25)30-32)12-36-11-14-6-4-3-5-7-14/h3-10,13H,11-12H2,1-2H3,(H,29,33). The lowest BCUT2D eigenvalue weighted by Gasteiger charge is -2.14. The number of nitrogens with one attached hydrogen (secondary N) is 1. The Morgan fingerprint density at radius 1 is 1.05 bits per heavy atom. The number of ether oxygens (including phenoxy) is 2. The summed E-state index contributed by atoms with van der Waals surface area (Å²) in [7, 11) is 0. The van der Waals surface area contributed by atoms with E-state index in [9.17, 15) is 14.4 Å². The number of halogens is 3. The molecule has 2 aromatic carbocycles. The highest BCUT2D eigenvalue weighted by Gasteiger charge is 2.18. The lowest BCUT2D eigenvalue weighted by atomic mass is 10.1. The van der Waals surface area contributed by atoms with Gasteiger partial charge in [0.2, 0.25) is 5.88 Å². The summed E-state index contributed by atoms with van der Waals surface area (Å²) in [4.78, 5) is 37.6. The topological polar surface area (TPSA) is 121 Å². The first-order valence-corrected chi connectivity index (χ1v) is 12.5. The molecule has 4 rings (SSSR count). The normalized spacial score (nSPS) is 11.2. The van der Waals surface area contributed by atoms with Crippen molar-refractivity contribution in [1.29, 1.82) is 0 Å². The lowest BCUT2D eigenvalue weighted by molar-refractivity contribution is 0.0575. The highest BCUT2D eigenvalue weighted by molar-refractivity contribution is 9.10. The van der Waals surface area contributed by atoms with Gasteiger partial charge in [-0.25, -0.2) is 14.5 Å². The quantitative estimate of drug-likeness (QED) is 0.309. The Morgan fingerprint density at radius 3 is 2.38 bits per heavy atom. The van der Waals surface area contributed by atoms with E-state index in [1.807, 2.05) is 44.2 Å². The van der Waals surface area contributed by atoms with Crippen LogP contribution in [0.4, 0.5) is 0 Å². The first kappa shape index (κ1) is 26.8. The Morgan fingerprint density at radius 2 is 1.73 bits per heavy atom. The predicted octanol–water partition coefficient (Wildman–Crippen LogP) is 4.64. The molecule has 4 aromatic rings. The molecule has 13 heteroatoms. The molecular formula is C24H20BrCl2N5O5. The SMILES string of the molecule is CC(C)c1cc(Oc2c(Cl)cc(-n3nc(Br)c(=O)n(COCc4ccccc4)c3=O)cc2Cl)n[nH]c1=O. The maximum absolute atomic E-state index is 13.1. The summed E-state index contributed by atoms with van der Waals surface area (Å²) in [6.45, 7) is 3.62. The van der Waals surface area contributed by atoms with Crippen LogP contribution < -0.4 is 21.5 Å². The van der Waals surface area contributed by atoms with Crippen molar-refractivity contribution in [2.45, 2.75) is 33.1 Å².